The van der Waals surface area contributed by atoms with E-state index in [1.54, 1.807) is 36.0 Å². The van der Waals surface area contributed by atoms with Crippen LogP contribution in [0.4, 0.5) is 5.00 Å². The number of nitrogens with one attached hydrogen (secondary N) is 2. The molecule has 0 saturated heterocycles. The van der Waals surface area contributed by atoms with Crippen molar-refractivity contribution in [1.29, 1.82) is 0 Å². The second kappa shape index (κ2) is 7.75. The molecule has 0 bridgehead atoms. The van der Waals surface area contributed by atoms with Crippen molar-refractivity contribution >= 4 is 50.2 Å². The number of aromatic carboxylic acids is 1. The fourth-order valence-electron chi connectivity index (χ4n) is 3.92. The maximum absolute atomic E-state index is 12.8. The number of aromatic nitrogens is 2. The van der Waals surface area contributed by atoms with Crippen LogP contribution in [-0.4, -0.2) is 27.2 Å². The molecule has 0 saturated carbocycles. The molecule has 4 aromatic heterocycles. The lowest BCUT2D eigenvalue weighted by molar-refractivity contribution is 0.0699. The number of aromatic amines is 1. The molecule has 1 amide bonds. The molecule has 0 radical (unpaired) electrons. The van der Waals surface area contributed by atoms with Crippen LogP contribution in [0, 0.1) is 0 Å². The molecule has 0 spiro atoms. The summed E-state index contributed by atoms with van der Waals surface area (Å²) in [4.78, 5) is 25.0. The van der Waals surface area contributed by atoms with Gasteiger partial charge in [-0.05, 0) is 18.2 Å². The highest BCUT2D eigenvalue weighted by molar-refractivity contribution is 7.15. The average Bonchev–Trinajstić information content (AvgIpc) is 3.63. The van der Waals surface area contributed by atoms with Gasteiger partial charge in [-0.3, -0.25) is 9.89 Å². The molecule has 6 rings (SSSR count). The van der Waals surface area contributed by atoms with Crippen molar-refractivity contribution in [2.75, 3.05) is 5.32 Å². The van der Waals surface area contributed by atoms with Crippen LogP contribution in [0.1, 0.15) is 20.9 Å². The molecular formula is C25H15N3O5S. The SMILES string of the molecule is O=C(Nc1scc(-c2cc3cccc(-c4cn[nH]c4)c3o2)c1C(=O)O)c1cc2ccccc2o1. The van der Waals surface area contributed by atoms with E-state index >= 15 is 0 Å². The molecule has 0 aliphatic carbocycles. The Kier molecular flexibility index (Phi) is 4.56. The fraction of sp³-hybridized carbons (Fsp3) is 0. The number of amides is 1. The molecule has 3 N–H and O–H groups in total. The van der Waals surface area contributed by atoms with Gasteiger partial charge < -0.3 is 19.3 Å². The van der Waals surface area contributed by atoms with E-state index in [9.17, 15) is 14.7 Å². The van der Waals surface area contributed by atoms with Gasteiger partial charge in [0.15, 0.2) is 5.76 Å². The number of para-hydroxylation sites is 2. The molecule has 9 heteroatoms. The van der Waals surface area contributed by atoms with Gasteiger partial charge in [-0.2, -0.15) is 5.10 Å². The van der Waals surface area contributed by atoms with E-state index in [-0.39, 0.29) is 16.3 Å². The quantitative estimate of drug-likeness (QED) is 0.274. The molecule has 0 aliphatic rings. The maximum Gasteiger partial charge on any atom is 0.339 e. The Balaban J connectivity index is 1.39. The lowest BCUT2D eigenvalue weighted by Crippen LogP contribution is -2.12. The highest BCUT2D eigenvalue weighted by atomic mass is 32.1. The number of hydrogen-bond donors (Lipinski definition) is 3. The largest absolute Gasteiger partial charge is 0.478 e. The average molecular weight is 469 g/mol. The molecule has 4 heterocycles. The van der Waals surface area contributed by atoms with Crippen LogP contribution in [-0.2, 0) is 0 Å². The Morgan fingerprint density at radius 1 is 1.00 bits per heavy atom. The van der Waals surface area contributed by atoms with Crippen LogP contribution in [0.5, 0.6) is 0 Å². The monoisotopic (exact) mass is 469 g/mol. The summed E-state index contributed by atoms with van der Waals surface area (Å²) in [5.41, 5.74) is 3.23. The molecular weight excluding hydrogens is 454 g/mol. The predicted molar refractivity (Wildman–Crippen MR) is 128 cm³/mol. The van der Waals surface area contributed by atoms with E-state index in [0.717, 1.165) is 33.2 Å². The smallest absolute Gasteiger partial charge is 0.339 e. The number of carbonyl (C=O) groups is 2. The fourth-order valence-corrected chi connectivity index (χ4v) is 4.86. The number of nitrogens with zero attached hydrogens (tertiary/aromatic N) is 1. The Morgan fingerprint density at radius 2 is 1.85 bits per heavy atom. The minimum absolute atomic E-state index is 0.0432. The van der Waals surface area contributed by atoms with Crippen molar-refractivity contribution in [2.24, 2.45) is 0 Å². The number of thiophene rings is 1. The summed E-state index contributed by atoms with van der Waals surface area (Å²) in [6, 6.07) is 16.4. The highest BCUT2D eigenvalue weighted by Gasteiger charge is 2.25. The number of anilines is 1. The van der Waals surface area contributed by atoms with Crippen LogP contribution in [0.25, 0.3) is 44.4 Å². The van der Waals surface area contributed by atoms with Gasteiger partial charge in [0.1, 0.15) is 27.5 Å². The third kappa shape index (κ3) is 3.26. The Hall–Kier alpha value is -4.63. The van der Waals surface area contributed by atoms with E-state index in [4.69, 9.17) is 8.83 Å². The number of H-pyrrole nitrogens is 1. The van der Waals surface area contributed by atoms with Gasteiger partial charge in [-0.15, -0.1) is 11.3 Å². The van der Waals surface area contributed by atoms with Crippen molar-refractivity contribution in [2.45, 2.75) is 0 Å². The third-order valence-electron chi connectivity index (χ3n) is 5.50. The van der Waals surface area contributed by atoms with Crippen molar-refractivity contribution < 1.29 is 23.5 Å². The van der Waals surface area contributed by atoms with Crippen molar-refractivity contribution in [1.82, 2.24) is 10.2 Å². The maximum atomic E-state index is 12.8. The minimum Gasteiger partial charge on any atom is -0.478 e. The first-order valence-corrected chi connectivity index (χ1v) is 11.1. The second-order valence-corrected chi connectivity index (χ2v) is 8.46. The lowest BCUT2D eigenvalue weighted by Gasteiger charge is -2.03. The number of benzene rings is 2. The third-order valence-corrected chi connectivity index (χ3v) is 6.40. The zero-order valence-electron chi connectivity index (χ0n) is 17.4. The first kappa shape index (κ1) is 20.0. The van der Waals surface area contributed by atoms with Gasteiger partial charge >= 0.3 is 5.97 Å². The zero-order chi connectivity index (χ0) is 23.2. The summed E-state index contributed by atoms with van der Waals surface area (Å²) in [5.74, 6) is -1.21. The van der Waals surface area contributed by atoms with Crippen LogP contribution in [0.15, 0.2) is 81.2 Å². The zero-order valence-corrected chi connectivity index (χ0v) is 18.2. The minimum atomic E-state index is -1.17. The van der Waals surface area contributed by atoms with Crippen molar-refractivity contribution in [3.63, 3.8) is 0 Å². The Bertz CT molecular complexity index is 1660. The second-order valence-electron chi connectivity index (χ2n) is 7.58. The molecule has 8 nitrogen and oxygen atoms in total. The summed E-state index contributed by atoms with van der Waals surface area (Å²) in [6.07, 6.45) is 3.45. The van der Waals surface area contributed by atoms with Crippen LogP contribution >= 0.6 is 11.3 Å². The topological polar surface area (TPSA) is 121 Å². The first-order chi connectivity index (χ1) is 16.6. The molecule has 0 fully saturated rings. The Morgan fingerprint density at radius 3 is 2.65 bits per heavy atom. The van der Waals surface area contributed by atoms with E-state index in [0.29, 0.717) is 22.5 Å². The van der Waals surface area contributed by atoms with Gasteiger partial charge in [-0.25, -0.2) is 4.79 Å². The lowest BCUT2D eigenvalue weighted by atomic mass is 10.1. The number of carbonyl (C=O) groups excluding carboxylic acids is 1. The summed E-state index contributed by atoms with van der Waals surface area (Å²) in [7, 11) is 0. The normalized spacial score (nSPS) is 11.3. The van der Waals surface area contributed by atoms with Gasteiger partial charge in [-0.1, -0.05) is 36.4 Å². The van der Waals surface area contributed by atoms with Gasteiger partial charge in [0.2, 0.25) is 0 Å². The predicted octanol–water partition coefficient (Wildman–Crippen LogP) is 6.25. The number of furan rings is 2. The number of fused-ring (bicyclic) bond motifs is 2. The molecule has 34 heavy (non-hydrogen) atoms. The number of carboxylic acid groups (broad SMARTS) is 1. The van der Waals surface area contributed by atoms with Crippen LogP contribution in [0.2, 0.25) is 0 Å². The summed E-state index contributed by atoms with van der Waals surface area (Å²) >= 11 is 1.11. The molecule has 6 aromatic rings. The van der Waals surface area contributed by atoms with E-state index in [2.05, 4.69) is 15.5 Å². The van der Waals surface area contributed by atoms with Crippen molar-refractivity contribution in [3.8, 4) is 22.5 Å². The number of carboxylic acids is 1. The summed E-state index contributed by atoms with van der Waals surface area (Å²) in [5, 5.41) is 22.9. The Labute approximate surface area is 195 Å². The molecule has 166 valence electrons. The van der Waals surface area contributed by atoms with Gasteiger partial charge in [0, 0.05) is 39.0 Å². The van der Waals surface area contributed by atoms with E-state index in [1.807, 2.05) is 36.4 Å². The molecule has 0 unspecified atom stereocenters. The molecule has 0 aliphatic heterocycles. The number of hydrogen-bond acceptors (Lipinski definition) is 6. The van der Waals surface area contributed by atoms with E-state index in [1.165, 1.54) is 0 Å². The molecule has 2 aromatic carbocycles. The van der Waals surface area contributed by atoms with Gasteiger partial charge in [0.05, 0.1) is 6.20 Å². The molecule has 0 atom stereocenters. The number of rotatable bonds is 5. The van der Waals surface area contributed by atoms with Gasteiger partial charge in [0.25, 0.3) is 5.91 Å². The van der Waals surface area contributed by atoms with Crippen LogP contribution in [0.3, 0.4) is 0 Å². The highest BCUT2D eigenvalue weighted by Crippen LogP contribution is 2.40. The summed E-state index contributed by atoms with van der Waals surface area (Å²) < 4.78 is 11.7. The standard InChI is InChI=1S/C25H15N3O5S/c29-23(20-8-13-4-1-2-7-18(13)32-20)28-24-21(25(30)31)17(12-34-24)19-9-14-5-3-6-16(22(14)33-19)15-10-26-27-11-15/h1-12H,(H,26,27)(H,28,29)(H,30,31). The van der Waals surface area contributed by atoms with E-state index < -0.39 is 11.9 Å². The van der Waals surface area contributed by atoms with Crippen molar-refractivity contribution in [3.05, 3.63) is 83.7 Å². The first-order valence-electron chi connectivity index (χ1n) is 10.3. The summed E-state index contributed by atoms with van der Waals surface area (Å²) in [6.45, 7) is 0. The van der Waals surface area contributed by atoms with Crippen LogP contribution < -0.4 is 5.32 Å².